The fourth-order valence-corrected chi connectivity index (χ4v) is 3.29. The van der Waals surface area contributed by atoms with Crippen LogP contribution in [0.15, 0.2) is 18.6 Å². The lowest BCUT2D eigenvalue weighted by molar-refractivity contribution is -0.123. The molecule has 23 heavy (non-hydrogen) atoms. The van der Waals surface area contributed by atoms with Crippen molar-refractivity contribution >= 4 is 11.7 Å². The third-order valence-electron chi connectivity index (χ3n) is 4.64. The Kier molecular flexibility index (Phi) is 5.07. The fraction of sp³-hybridized carbons (Fsp3) is 0.688. The summed E-state index contributed by atoms with van der Waals surface area (Å²) in [5.41, 5.74) is -0.894. The minimum atomic E-state index is -0.894. The zero-order chi connectivity index (χ0) is 16.1. The van der Waals surface area contributed by atoms with Gasteiger partial charge in [0.05, 0.1) is 12.7 Å². The number of hydrogen-bond acceptors (Lipinski definition) is 6. The molecule has 0 spiro atoms. The van der Waals surface area contributed by atoms with Gasteiger partial charge in [-0.2, -0.15) is 0 Å². The van der Waals surface area contributed by atoms with Crippen molar-refractivity contribution in [3.05, 3.63) is 18.6 Å². The molecular weight excluding hydrogens is 294 g/mol. The molecule has 3 heterocycles. The molecule has 0 aliphatic carbocycles. The summed E-state index contributed by atoms with van der Waals surface area (Å²) >= 11 is 0. The molecule has 2 saturated heterocycles. The molecule has 7 nitrogen and oxygen atoms in total. The van der Waals surface area contributed by atoms with Gasteiger partial charge in [-0.1, -0.05) is 6.42 Å². The van der Waals surface area contributed by atoms with E-state index >= 15 is 0 Å². The minimum absolute atomic E-state index is 0.00159. The van der Waals surface area contributed by atoms with Gasteiger partial charge < -0.3 is 15.3 Å². The number of aliphatic hydroxyl groups is 1. The molecule has 7 heteroatoms. The van der Waals surface area contributed by atoms with Crippen LogP contribution < -0.4 is 10.2 Å². The first-order valence-electron chi connectivity index (χ1n) is 8.37. The predicted molar refractivity (Wildman–Crippen MR) is 87.1 cm³/mol. The molecule has 3 rings (SSSR count). The van der Waals surface area contributed by atoms with Crippen LogP contribution in [-0.4, -0.2) is 70.8 Å². The highest BCUT2D eigenvalue weighted by Crippen LogP contribution is 2.24. The van der Waals surface area contributed by atoms with Gasteiger partial charge in [-0.25, -0.2) is 4.98 Å². The van der Waals surface area contributed by atoms with E-state index in [1.807, 2.05) is 4.90 Å². The number of likely N-dealkylation sites (tertiary alicyclic amines) is 1. The van der Waals surface area contributed by atoms with E-state index in [1.54, 1.807) is 18.6 Å². The summed E-state index contributed by atoms with van der Waals surface area (Å²) in [5, 5.41) is 13.6. The van der Waals surface area contributed by atoms with Gasteiger partial charge in [0, 0.05) is 32.0 Å². The minimum Gasteiger partial charge on any atom is -0.386 e. The lowest BCUT2D eigenvalue weighted by atomic mass is 10.0. The van der Waals surface area contributed by atoms with Crippen LogP contribution in [0.4, 0.5) is 5.82 Å². The van der Waals surface area contributed by atoms with Crippen LogP contribution in [-0.2, 0) is 4.79 Å². The summed E-state index contributed by atoms with van der Waals surface area (Å²) in [6.45, 7) is 3.91. The molecule has 126 valence electrons. The van der Waals surface area contributed by atoms with Gasteiger partial charge in [0.1, 0.15) is 11.4 Å². The Morgan fingerprint density at radius 1 is 1.26 bits per heavy atom. The Balaban J connectivity index is 1.45. The van der Waals surface area contributed by atoms with Crippen molar-refractivity contribution in [2.45, 2.75) is 31.3 Å². The molecule has 0 unspecified atom stereocenters. The largest absolute Gasteiger partial charge is 0.386 e. The standard InChI is InChI=1S/C16H25N5O2/c22-15(11-20-7-2-1-3-8-20)19-12-16(23)4-9-21(13-16)14-10-17-5-6-18-14/h5-6,10,23H,1-4,7-9,11-13H2,(H,19,22)/t16-/m0/s1. The number of nitrogens with one attached hydrogen (secondary N) is 1. The Labute approximate surface area is 136 Å². The van der Waals surface area contributed by atoms with Crippen LogP contribution in [0.1, 0.15) is 25.7 Å². The molecule has 0 aromatic carbocycles. The van der Waals surface area contributed by atoms with Crippen LogP contribution in [0, 0.1) is 0 Å². The van der Waals surface area contributed by atoms with E-state index in [1.165, 1.54) is 19.3 Å². The number of piperidine rings is 1. The van der Waals surface area contributed by atoms with Gasteiger partial charge in [-0.15, -0.1) is 0 Å². The highest BCUT2D eigenvalue weighted by molar-refractivity contribution is 5.78. The van der Waals surface area contributed by atoms with Crippen molar-refractivity contribution in [1.29, 1.82) is 0 Å². The zero-order valence-electron chi connectivity index (χ0n) is 13.4. The molecule has 0 saturated carbocycles. The number of amides is 1. The second-order valence-corrected chi connectivity index (χ2v) is 6.57. The smallest absolute Gasteiger partial charge is 0.234 e. The maximum Gasteiger partial charge on any atom is 0.234 e. The van der Waals surface area contributed by atoms with Crippen LogP contribution in [0.5, 0.6) is 0 Å². The van der Waals surface area contributed by atoms with Crippen LogP contribution in [0.2, 0.25) is 0 Å². The zero-order valence-corrected chi connectivity index (χ0v) is 13.4. The van der Waals surface area contributed by atoms with E-state index in [0.717, 1.165) is 25.5 Å². The number of β-amino-alcohol motifs (C(OH)–C–C–N with tert-alkyl or cyclic N) is 1. The fourth-order valence-electron chi connectivity index (χ4n) is 3.29. The Morgan fingerprint density at radius 3 is 2.83 bits per heavy atom. The maximum atomic E-state index is 12.1. The number of carbonyl (C=O) groups is 1. The number of nitrogens with zero attached hydrogens (tertiary/aromatic N) is 4. The van der Waals surface area contributed by atoms with E-state index in [-0.39, 0.29) is 12.5 Å². The normalized spacial score (nSPS) is 25.5. The highest BCUT2D eigenvalue weighted by Gasteiger charge is 2.37. The monoisotopic (exact) mass is 319 g/mol. The topological polar surface area (TPSA) is 81.6 Å². The third-order valence-corrected chi connectivity index (χ3v) is 4.64. The molecule has 0 radical (unpaired) electrons. The lowest BCUT2D eigenvalue weighted by Gasteiger charge is -2.27. The van der Waals surface area contributed by atoms with Crippen molar-refractivity contribution in [3.8, 4) is 0 Å². The van der Waals surface area contributed by atoms with Gasteiger partial charge in [0.15, 0.2) is 0 Å². The number of carbonyl (C=O) groups excluding carboxylic acids is 1. The molecule has 1 atom stereocenters. The molecule has 1 amide bonds. The van der Waals surface area contributed by atoms with E-state index < -0.39 is 5.60 Å². The predicted octanol–water partition coefficient (Wildman–Crippen LogP) is 0.0199. The molecule has 1 aromatic heterocycles. The van der Waals surface area contributed by atoms with Crippen molar-refractivity contribution in [2.24, 2.45) is 0 Å². The van der Waals surface area contributed by atoms with E-state index in [2.05, 4.69) is 20.2 Å². The SMILES string of the molecule is O=C(CN1CCCCC1)NC[C@@]1(O)CCN(c2cnccn2)C1. The Hall–Kier alpha value is -1.73. The molecule has 2 fully saturated rings. The summed E-state index contributed by atoms with van der Waals surface area (Å²) < 4.78 is 0. The third kappa shape index (κ3) is 4.39. The van der Waals surface area contributed by atoms with Gasteiger partial charge in [0.2, 0.25) is 5.91 Å². The second kappa shape index (κ2) is 7.23. The van der Waals surface area contributed by atoms with Crippen molar-refractivity contribution < 1.29 is 9.90 Å². The van der Waals surface area contributed by atoms with Gasteiger partial charge in [0.25, 0.3) is 0 Å². The molecule has 2 N–H and O–H groups in total. The molecule has 0 bridgehead atoms. The van der Waals surface area contributed by atoms with Crippen LogP contribution in [0.3, 0.4) is 0 Å². The first kappa shape index (κ1) is 16.1. The second-order valence-electron chi connectivity index (χ2n) is 6.57. The first-order chi connectivity index (χ1) is 11.1. The number of anilines is 1. The summed E-state index contributed by atoms with van der Waals surface area (Å²) in [4.78, 5) is 24.6. The van der Waals surface area contributed by atoms with Crippen LogP contribution in [0.25, 0.3) is 0 Å². The summed E-state index contributed by atoms with van der Waals surface area (Å²) in [6.07, 6.45) is 9.19. The summed E-state index contributed by atoms with van der Waals surface area (Å²) in [6, 6.07) is 0. The summed E-state index contributed by atoms with van der Waals surface area (Å²) in [7, 11) is 0. The van der Waals surface area contributed by atoms with E-state index in [0.29, 0.717) is 19.5 Å². The Morgan fingerprint density at radius 2 is 2.09 bits per heavy atom. The average molecular weight is 319 g/mol. The van der Waals surface area contributed by atoms with E-state index in [4.69, 9.17) is 0 Å². The summed E-state index contributed by atoms with van der Waals surface area (Å²) in [5.74, 6) is 0.765. The van der Waals surface area contributed by atoms with Gasteiger partial charge >= 0.3 is 0 Å². The lowest BCUT2D eigenvalue weighted by Crippen LogP contribution is -2.48. The number of hydrogen-bond donors (Lipinski definition) is 2. The quantitative estimate of drug-likeness (QED) is 0.796. The molecule has 2 aliphatic rings. The van der Waals surface area contributed by atoms with Crippen molar-refractivity contribution in [3.63, 3.8) is 0 Å². The average Bonchev–Trinajstić information content (AvgIpc) is 2.98. The van der Waals surface area contributed by atoms with Crippen molar-refractivity contribution in [2.75, 3.05) is 44.2 Å². The number of aromatic nitrogens is 2. The highest BCUT2D eigenvalue weighted by atomic mass is 16.3. The first-order valence-corrected chi connectivity index (χ1v) is 8.37. The van der Waals surface area contributed by atoms with Crippen LogP contribution >= 0.6 is 0 Å². The Bertz CT molecular complexity index is 520. The van der Waals surface area contributed by atoms with Gasteiger partial charge in [-0.05, 0) is 32.4 Å². The van der Waals surface area contributed by atoms with Crippen molar-refractivity contribution in [1.82, 2.24) is 20.2 Å². The maximum absolute atomic E-state index is 12.1. The molecule has 1 aromatic rings. The van der Waals surface area contributed by atoms with E-state index in [9.17, 15) is 9.90 Å². The van der Waals surface area contributed by atoms with Gasteiger partial charge in [-0.3, -0.25) is 14.7 Å². The number of rotatable bonds is 5. The molecule has 2 aliphatic heterocycles. The molecular formula is C16H25N5O2.